The molecule has 0 bridgehead atoms. The number of likely N-dealkylation sites (N-methyl/N-ethyl adjacent to an activating group) is 1. The second-order valence-corrected chi connectivity index (χ2v) is 3.93. The van der Waals surface area contributed by atoms with E-state index in [0.717, 1.165) is 17.1 Å². The quantitative estimate of drug-likeness (QED) is 0.739. The Morgan fingerprint density at radius 2 is 1.89 bits per heavy atom. The lowest BCUT2D eigenvalue weighted by Gasteiger charge is -2.17. The summed E-state index contributed by atoms with van der Waals surface area (Å²) in [4.78, 5) is 13.0. The standard InChI is InChI=1S/C13H19NO4.CH4/c1-14(9-13(15)18-4)8-10-5-6-11(16-2)7-12(10)17-3;/h5-7H,8-9H2,1-4H3;1H4. The van der Waals surface area contributed by atoms with Gasteiger partial charge in [0.2, 0.25) is 0 Å². The van der Waals surface area contributed by atoms with Crippen LogP contribution in [0.2, 0.25) is 0 Å². The van der Waals surface area contributed by atoms with E-state index in [1.54, 1.807) is 14.2 Å². The van der Waals surface area contributed by atoms with E-state index in [4.69, 9.17) is 9.47 Å². The number of nitrogens with zero attached hydrogens (tertiary/aromatic N) is 1. The van der Waals surface area contributed by atoms with Crippen molar-refractivity contribution in [1.82, 2.24) is 4.90 Å². The molecule has 0 aliphatic heterocycles. The van der Waals surface area contributed by atoms with E-state index in [1.807, 2.05) is 30.1 Å². The van der Waals surface area contributed by atoms with Gasteiger partial charge in [0, 0.05) is 18.2 Å². The van der Waals surface area contributed by atoms with Gasteiger partial charge in [-0.1, -0.05) is 13.5 Å². The lowest BCUT2D eigenvalue weighted by molar-refractivity contribution is -0.141. The Hall–Kier alpha value is -1.75. The fourth-order valence-corrected chi connectivity index (χ4v) is 1.61. The van der Waals surface area contributed by atoms with Crippen molar-refractivity contribution in [3.8, 4) is 11.5 Å². The van der Waals surface area contributed by atoms with Gasteiger partial charge in [-0.25, -0.2) is 0 Å². The van der Waals surface area contributed by atoms with E-state index in [-0.39, 0.29) is 19.9 Å². The van der Waals surface area contributed by atoms with Crippen molar-refractivity contribution in [2.45, 2.75) is 14.0 Å². The summed E-state index contributed by atoms with van der Waals surface area (Å²) in [5.41, 5.74) is 0.990. The number of benzene rings is 1. The molecule has 0 aromatic heterocycles. The zero-order valence-corrected chi connectivity index (χ0v) is 11.2. The fraction of sp³-hybridized carbons (Fsp3) is 0.500. The van der Waals surface area contributed by atoms with Crippen molar-refractivity contribution < 1.29 is 19.0 Å². The molecule has 5 heteroatoms. The third kappa shape index (κ3) is 5.18. The summed E-state index contributed by atoms with van der Waals surface area (Å²) in [5, 5.41) is 0. The van der Waals surface area contributed by atoms with Crippen molar-refractivity contribution in [3.05, 3.63) is 23.8 Å². The Bertz CT molecular complexity index is 406. The van der Waals surface area contributed by atoms with Crippen LogP contribution in [-0.2, 0) is 16.1 Å². The average Bonchev–Trinajstić information content (AvgIpc) is 2.38. The SMILES string of the molecule is C.COC(=O)CN(C)Cc1ccc(OC)cc1OC. The van der Waals surface area contributed by atoms with E-state index in [0.29, 0.717) is 6.54 Å². The number of ether oxygens (including phenoxy) is 3. The molecule has 0 saturated carbocycles. The molecule has 0 saturated heterocycles. The first-order chi connectivity index (χ1) is 8.60. The molecule has 0 unspecified atom stereocenters. The normalized spacial score (nSPS) is 9.74. The van der Waals surface area contributed by atoms with E-state index >= 15 is 0 Å². The molecule has 108 valence electrons. The predicted octanol–water partition coefficient (Wildman–Crippen LogP) is 1.94. The van der Waals surface area contributed by atoms with Gasteiger partial charge in [-0.15, -0.1) is 0 Å². The maximum atomic E-state index is 11.2. The van der Waals surface area contributed by atoms with Crippen molar-refractivity contribution in [2.24, 2.45) is 0 Å². The highest BCUT2D eigenvalue weighted by Gasteiger charge is 2.10. The lowest BCUT2D eigenvalue weighted by Crippen LogP contribution is -2.26. The van der Waals surface area contributed by atoms with Gasteiger partial charge in [-0.3, -0.25) is 9.69 Å². The maximum Gasteiger partial charge on any atom is 0.319 e. The lowest BCUT2D eigenvalue weighted by atomic mass is 10.2. The number of hydrogen-bond donors (Lipinski definition) is 0. The van der Waals surface area contributed by atoms with Gasteiger partial charge < -0.3 is 14.2 Å². The molecule has 0 heterocycles. The van der Waals surface area contributed by atoms with Crippen LogP contribution >= 0.6 is 0 Å². The number of carbonyl (C=O) groups excluding carboxylic acids is 1. The first-order valence-corrected chi connectivity index (χ1v) is 5.57. The molecule has 0 amide bonds. The molecule has 5 nitrogen and oxygen atoms in total. The summed E-state index contributed by atoms with van der Waals surface area (Å²) < 4.78 is 15.0. The molecule has 0 atom stereocenters. The number of hydrogen-bond acceptors (Lipinski definition) is 5. The average molecular weight is 269 g/mol. The van der Waals surface area contributed by atoms with Crippen LogP contribution in [0.5, 0.6) is 11.5 Å². The summed E-state index contributed by atoms with van der Waals surface area (Å²) in [6.45, 7) is 0.841. The zero-order chi connectivity index (χ0) is 13.5. The van der Waals surface area contributed by atoms with Crippen LogP contribution < -0.4 is 9.47 Å². The third-order valence-electron chi connectivity index (χ3n) is 2.56. The summed E-state index contributed by atoms with van der Waals surface area (Å²) in [7, 11) is 6.45. The van der Waals surface area contributed by atoms with Gasteiger partial charge in [0.1, 0.15) is 11.5 Å². The van der Waals surface area contributed by atoms with Crippen molar-refractivity contribution >= 4 is 5.97 Å². The Kier molecular flexibility index (Phi) is 7.60. The van der Waals surface area contributed by atoms with Gasteiger partial charge in [0.15, 0.2) is 0 Å². The molecule has 0 N–H and O–H groups in total. The molecule has 1 aromatic carbocycles. The van der Waals surface area contributed by atoms with Crippen LogP contribution in [0.4, 0.5) is 0 Å². The highest BCUT2D eigenvalue weighted by Crippen LogP contribution is 2.25. The molecule has 0 aliphatic rings. The molecule has 0 radical (unpaired) electrons. The minimum atomic E-state index is -0.259. The van der Waals surface area contributed by atoms with Gasteiger partial charge in [-0.2, -0.15) is 0 Å². The number of rotatable bonds is 6. The molecular formula is C14H23NO4. The Morgan fingerprint density at radius 3 is 2.42 bits per heavy atom. The monoisotopic (exact) mass is 269 g/mol. The largest absolute Gasteiger partial charge is 0.497 e. The summed E-state index contributed by atoms with van der Waals surface area (Å²) in [6.07, 6.45) is 0. The van der Waals surface area contributed by atoms with E-state index in [2.05, 4.69) is 4.74 Å². The first-order valence-electron chi connectivity index (χ1n) is 5.57. The molecule has 19 heavy (non-hydrogen) atoms. The summed E-state index contributed by atoms with van der Waals surface area (Å²) in [6, 6.07) is 5.61. The second-order valence-electron chi connectivity index (χ2n) is 3.93. The minimum absolute atomic E-state index is 0. The third-order valence-corrected chi connectivity index (χ3v) is 2.56. The van der Waals surface area contributed by atoms with Crippen molar-refractivity contribution in [3.63, 3.8) is 0 Å². The predicted molar refractivity (Wildman–Crippen MR) is 74.6 cm³/mol. The van der Waals surface area contributed by atoms with E-state index in [9.17, 15) is 4.79 Å². The van der Waals surface area contributed by atoms with Gasteiger partial charge in [0.05, 0.1) is 27.9 Å². The molecule has 0 fully saturated rings. The topological polar surface area (TPSA) is 48.0 Å². The molecular weight excluding hydrogens is 246 g/mol. The molecule has 1 rings (SSSR count). The highest BCUT2D eigenvalue weighted by molar-refractivity contribution is 5.71. The number of methoxy groups -OCH3 is 3. The van der Waals surface area contributed by atoms with Crippen LogP contribution in [0.15, 0.2) is 18.2 Å². The van der Waals surface area contributed by atoms with E-state index in [1.165, 1.54) is 7.11 Å². The van der Waals surface area contributed by atoms with Gasteiger partial charge >= 0.3 is 5.97 Å². The Balaban J connectivity index is 0.00000324. The molecule has 0 aliphatic carbocycles. The van der Waals surface area contributed by atoms with Crippen molar-refractivity contribution in [1.29, 1.82) is 0 Å². The number of carbonyl (C=O) groups is 1. The highest BCUT2D eigenvalue weighted by atomic mass is 16.5. The van der Waals surface area contributed by atoms with Gasteiger partial charge in [0.25, 0.3) is 0 Å². The minimum Gasteiger partial charge on any atom is -0.497 e. The van der Waals surface area contributed by atoms with Gasteiger partial charge in [-0.05, 0) is 13.1 Å². The van der Waals surface area contributed by atoms with Crippen LogP contribution in [0, 0.1) is 0 Å². The zero-order valence-electron chi connectivity index (χ0n) is 11.2. The van der Waals surface area contributed by atoms with Crippen LogP contribution in [0.25, 0.3) is 0 Å². The van der Waals surface area contributed by atoms with Crippen LogP contribution in [0.3, 0.4) is 0 Å². The van der Waals surface area contributed by atoms with Crippen molar-refractivity contribution in [2.75, 3.05) is 34.9 Å². The molecule has 1 aromatic rings. The maximum absolute atomic E-state index is 11.2. The Labute approximate surface area is 115 Å². The van der Waals surface area contributed by atoms with Crippen LogP contribution in [0.1, 0.15) is 13.0 Å². The number of esters is 1. The second kappa shape index (κ2) is 8.37. The summed E-state index contributed by atoms with van der Waals surface area (Å²) >= 11 is 0. The van der Waals surface area contributed by atoms with Crippen LogP contribution in [-0.4, -0.2) is 45.8 Å². The smallest absolute Gasteiger partial charge is 0.319 e. The summed E-state index contributed by atoms with van der Waals surface area (Å²) in [5.74, 6) is 1.22. The van der Waals surface area contributed by atoms with E-state index < -0.39 is 0 Å². The fourth-order valence-electron chi connectivity index (χ4n) is 1.61. The Morgan fingerprint density at radius 1 is 1.21 bits per heavy atom. The molecule has 0 spiro atoms. The first kappa shape index (κ1) is 17.2.